The van der Waals surface area contributed by atoms with Gasteiger partial charge in [0.25, 0.3) is 5.69 Å². The van der Waals surface area contributed by atoms with Gasteiger partial charge >= 0.3 is 6.09 Å². The summed E-state index contributed by atoms with van der Waals surface area (Å²) in [4.78, 5) is 22.8. The first-order valence-corrected chi connectivity index (χ1v) is 7.81. The quantitative estimate of drug-likeness (QED) is 0.513. The molecule has 0 spiro atoms. The number of non-ortho nitro benzene ring substituents is 1. The van der Waals surface area contributed by atoms with Gasteiger partial charge in [-0.2, -0.15) is 0 Å². The zero-order chi connectivity index (χ0) is 18.4. The van der Waals surface area contributed by atoms with Crippen LogP contribution in [0.25, 0.3) is 22.0 Å². The Balaban J connectivity index is 2.04. The molecule has 25 heavy (non-hydrogen) atoms. The predicted octanol–water partition coefficient (Wildman–Crippen LogP) is 4.34. The van der Waals surface area contributed by atoms with E-state index in [2.05, 4.69) is 0 Å². The molecule has 3 rings (SSSR count). The number of carbonyl (C=O) groups excluding carboxylic acids is 1. The lowest BCUT2D eigenvalue weighted by Gasteiger charge is -2.19. The van der Waals surface area contributed by atoms with Crippen LogP contribution in [0.15, 0.2) is 42.9 Å². The van der Waals surface area contributed by atoms with Crippen LogP contribution in [0.2, 0.25) is 0 Å². The molecule has 0 fully saturated rings. The van der Waals surface area contributed by atoms with Gasteiger partial charge in [0, 0.05) is 59.8 Å². The third-order valence-corrected chi connectivity index (χ3v) is 3.79. The Bertz CT molecular complexity index is 976. The normalized spacial score (nSPS) is 11.7. The number of fused-ring (bicyclic) bond motifs is 1. The summed E-state index contributed by atoms with van der Waals surface area (Å²) in [6, 6.07) is 6.55. The summed E-state index contributed by atoms with van der Waals surface area (Å²) in [6.45, 7) is 5.41. The van der Waals surface area contributed by atoms with Gasteiger partial charge in [-0.1, -0.05) is 0 Å². The molecule has 0 N–H and O–H groups in total. The lowest BCUT2D eigenvalue weighted by Crippen LogP contribution is -2.26. The van der Waals surface area contributed by atoms with E-state index in [9.17, 15) is 14.9 Å². The second-order valence-corrected chi connectivity index (χ2v) is 6.90. The van der Waals surface area contributed by atoms with Crippen LogP contribution in [-0.2, 0) is 11.8 Å². The predicted molar refractivity (Wildman–Crippen MR) is 94.6 cm³/mol. The van der Waals surface area contributed by atoms with Crippen molar-refractivity contribution in [1.82, 2.24) is 9.13 Å². The van der Waals surface area contributed by atoms with E-state index < -0.39 is 16.6 Å². The van der Waals surface area contributed by atoms with Gasteiger partial charge in [-0.25, -0.2) is 4.79 Å². The molecule has 7 heteroatoms. The number of ether oxygens (including phenoxy) is 1. The highest BCUT2D eigenvalue weighted by Crippen LogP contribution is 2.33. The topological polar surface area (TPSA) is 79.3 Å². The van der Waals surface area contributed by atoms with Gasteiger partial charge in [0.15, 0.2) is 0 Å². The number of rotatable bonds is 2. The van der Waals surface area contributed by atoms with Crippen molar-refractivity contribution in [3.05, 3.63) is 53.0 Å². The Kier molecular flexibility index (Phi) is 3.87. The maximum Gasteiger partial charge on any atom is 0.418 e. The number of nitro groups is 1. The molecule has 0 atom stereocenters. The lowest BCUT2D eigenvalue weighted by atomic mass is 10.1. The molecule has 0 unspecified atom stereocenters. The van der Waals surface area contributed by atoms with Crippen molar-refractivity contribution >= 4 is 22.7 Å². The molecule has 0 saturated carbocycles. The maximum atomic E-state index is 12.2. The zero-order valence-corrected chi connectivity index (χ0v) is 14.5. The number of carbonyl (C=O) groups is 1. The number of nitrogens with zero attached hydrogens (tertiary/aromatic N) is 3. The lowest BCUT2D eigenvalue weighted by molar-refractivity contribution is -0.384. The number of aromatic nitrogens is 2. The van der Waals surface area contributed by atoms with Crippen molar-refractivity contribution in [2.75, 3.05) is 0 Å². The Hall–Kier alpha value is -3.09. The molecule has 1 aromatic carbocycles. The fraction of sp³-hybridized carbons (Fsp3) is 0.278. The van der Waals surface area contributed by atoms with Crippen molar-refractivity contribution < 1.29 is 14.5 Å². The van der Waals surface area contributed by atoms with E-state index in [1.807, 2.05) is 17.8 Å². The Morgan fingerprint density at radius 2 is 1.92 bits per heavy atom. The first-order valence-electron chi connectivity index (χ1n) is 7.81. The third-order valence-electron chi connectivity index (χ3n) is 3.79. The van der Waals surface area contributed by atoms with E-state index >= 15 is 0 Å². The van der Waals surface area contributed by atoms with E-state index in [0.717, 1.165) is 22.0 Å². The van der Waals surface area contributed by atoms with Crippen molar-refractivity contribution in [2.24, 2.45) is 7.05 Å². The summed E-state index contributed by atoms with van der Waals surface area (Å²) in [5.74, 6) is 0. The van der Waals surface area contributed by atoms with Gasteiger partial charge in [-0.05, 0) is 32.9 Å². The molecule has 2 heterocycles. The van der Waals surface area contributed by atoms with Crippen LogP contribution in [0.4, 0.5) is 10.5 Å². The molecular weight excluding hydrogens is 322 g/mol. The van der Waals surface area contributed by atoms with E-state index in [-0.39, 0.29) is 5.69 Å². The van der Waals surface area contributed by atoms with Crippen LogP contribution in [0.1, 0.15) is 20.8 Å². The van der Waals surface area contributed by atoms with Gasteiger partial charge in [0.1, 0.15) is 5.60 Å². The highest BCUT2D eigenvalue weighted by Gasteiger charge is 2.19. The summed E-state index contributed by atoms with van der Waals surface area (Å²) in [6.07, 6.45) is 4.72. The Labute approximate surface area is 144 Å². The highest BCUT2D eigenvalue weighted by molar-refractivity contribution is 5.97. The van der Waals surface area contributed by atoms with Crippen LogP contribution in [0.3, 0.4) is 0 Å². The van der Waals surface area contributed by atoms with Gasteiger partial charge in [-0.3, -0.25) is 14.7 Å². The maximum absolute atomic E-state index is 12.2. The SMILES string of the molecule is Cn1cc(-c2ccn(C(=O)OC(C)(C)C)c2)c2cc([N+](=O)[O-])ccc21. The fourth-order valence-corrected chi connectivity index (χ4v) is 2.71. The monoisotopic (exact) mass is 341 g/mol. The molecule has 0 amide bonds. The van der Waals surface area contributed by atoms with Crippen LogP contribution < -0.4 is 0 Å². The molecule has 0 aliphatic heterocycles. The van der Waals surface area contributed by atoms with Crippen molar-refractivity contribution in [3.63, 3.8) is 0 Å². The standard InChI is InChI=1S/C18H19N3O4/c1-18(2,3)25-17(22)20-8-7-12(10-20)15-11-19(4)16-6-5-13(21(23)24)9-14(15)16/h5-11H,1-4H3. The van der Waals surface area contributed by atoms with Crippen molar-refractivity contribution in [1.29, 1.82) is 0 Å². The zero-order valence-electron chi connectivity index (χ0n) is 14.5. The minimum Gasteiger partial charge on any atom is -0.443 e. The number of hydrogen-bond donors (Lipinski definition) is 0. The van der Waals surface area contributed by atoms with Crippen LogP contribution in [-0.4, -0.2) is 25.8 Å². The smallest absolute Gasteiger partial charge is 0.418 e. The van der Waals surface area contributed by atoms with Crippen molar-refractivity contribution in [2.45, 2.75) is 26.4 Å². The summed E-state index contributed by atoms with van der Waals surface area (Å²) >= 11 is 0. The Morgan fingerprint density at radius 1 is 1.20 bits per heavy atom. The molecule has 130 valence electrons. The second kappa shape index (κ2) is 5.77. The molecule has 2 aromatic heterocycles. The van der Waals surface area contributed by atoms with Crippen LogP contribution >= 0.6 is 0 Å². The second-order valence-electron chi connectivity index (χ2n) is 6.90. The average Bonchev–Trinajstić information content (AvgIpc) is 3.10. The van der Waals surface area contributed by atoms with Gasteiger partial charge in [0.05, 0.1) is 4.92 Å². The number of hydrogen-bond acceptors (Lipinski definition) is 4. The molecular formula is C18H19N3O4. The van der Waals surface area contributed by atoms with E-state index in [1.54, 1.807) is 51.4 Å². The molecule has 7 nitrogen and oxygen atoms in total. The minimum absolute atomic E-state index is 0.0338. The van der Waals surface area contributed by atoms with Gasteiger partial charge < -0.3 is 9.30 Å². The third kappa shape index (κ3) is 3.26. The number of benzene rings is 1. The Morgan fingerprint density at radius 3 is 2.56 bits per heavy atom. The summed E-state index contributed by atoms with van der Waals surface area (Å²) in [5.41, 5.74) is 1.94. The molecule has 0 bridgehead atoms. The van der Waals surface area contributed by atoms with Crippen molar-refractivity contribution in [3.8, 4) is 11.1 Å². The molecule has 0 saturated heterocycles. The molecule has 3 aromatic rings. The van der Waals surface area contributed by atoms with E-state index in [4.69, 9.17) is 4.74 Å². The molecule has 0 aliphatic carbocycles. The molecule has 0 aliphatic rings. The van der Waals surface area contributed by atoms with Gasteiger partial charge in [-0.15, -0.1) is 0 Å². The van der Waals surface area contributed by atoms with E-state index in [1.165, 1.54) is 10.6 Å². The summed E-state index contributed by atoms with van der Waals surface area (Å²) in [5, 5.41) is 11.8. The average molecular weight is 341 g/mol. The minimum atomic E-state index is -0.582. The molecule has 0 radical (unpaired) electrons. The highest BCUT2D eigenvalue weighted by atomic mass is 16.6. The first-order chi connectivity index (χ1) is 11.7. The largest absolute Gasteiger partial charge is 0.443 e. The van der Waals surface area contributed by atoms with Crippen LogP contribution in [0.5, 0.6) is 0 Å². The fourth-order valence-electron chi connectivity index (χ4n) is 2.71. The van der Waals surface area contributed by atoms with Gasteiger partial charge in [0.2, 0.25) is 0 Å². The first kappa shape index (κ1) is 16.8. The number of aryl methyl sites for hydroxylation is 1. The van der Waals surface area contributed by atoms with E-state index in [0.29, 0.717) is 0 Å². The van der Waals surface area contributed by atoms with Crippen LogP contribution in [0, 0.1) is 10.1 Å². The number of nitro benzene ring substituents is 1. The summed E-state index contributed by atoms with van der Waals surface area (Å²) < 4.78 is 8.62. The summed E-state index contributed by atoms with van der Waals surface area (Å²) in [7, 11) is 1.88.